The number of rotatable bonds is 10. The molecule has 4 nitrogen and oxygen atoms in total. The van der Waals surface area contributed by atoms with Gasteiger partial charge in [0.25, 0.3) is 0 Å². The molecule has 0 spiro atoms. The predicted octanol–water partition coefficient (Wildman–Crippen LogP) is 13.6. The molecule has 1 radical (unpaired) electrons. The second kappa shape index (κ2) is 16.0. The minimum Gasteiger partial charge on any atom is -0.512 e. The number of hydrogen-bond donors (Lipinski definition) is 1. The maximum atomic E-state index is 12.2. The topological polar surface area (TPSA) is 63.1 Å². The third kappa shape index (κ3) is 7.80. The van der Waals surface area contributed by atoms with Gasteiger partial charge in [-0.2, -0.15) is 11.3 Å². The zero-order chi connectivity index (χ0) is 35.7. The van der Waals surface area contributed by atoms with E-state index < -0.39 is 0 Å². The van der Waals surface area contributed by atoms with Crippen molar-refractivity contribution in [1.82, 2.24) is 9.97 Å². The van der Waals surface area contributed by atoms with Crippen molar-refractivity contribution in [3.63, 3.8) is 0 Å². The van der Waals surface area contributed by atoms with Crippen LogP contribution in [0.3, 0.4) is 0 Å². The molecule has 0 amide bonds. The smallest absolute Gasteiger partial charge is 0.164 e. The Kier molecular flexibility index (Phi) is 12.9. The van der Waals surface area contributed by atoms with Crippen LogP contribution in [-0.4, -0.2) is 20.9 Å². The Bertz CT molecular complexity index is 2140. The Hall–Kier alpha value is -2.48. The first-order valence-corrected chi connectivity index (χ1v) is 20.3. The van der Waals surface area contributed by atoms with Gasteiger partial charge in [-0.25, -0.2) is 4.98 Å². The molecule has 4 heterocycles. The van der Waals surface area contributed by atoms with E-state index in [1.165, 1.54) is 47.5 Å². The van der Waals surface area contributed by atoms with Gasteiger partial charge in [0.15, 0.2) is 5.78 Å². The second-order valence-corrected chi connectivity index (χ2v) is 17.7. The second-order valence-electron chi connectivity index (χ2n) is 14.8. The number of hydrogen-bond acceptors (Lipinski definition) is 7. The number of aliphatic hydroxyl groups is 1. The summed E-state index contributed by atoms with van der Waals surface area (Å²) in [6.45, 7) is 21.2. The molecule has 50 heavy (non-hydrogen) atoms. The summed E-state index contributed by atoms with van der Waals surface area (Å²) in [6.07, 6.45) is 8.76. The van der Waals surface area contributed by atoms with E-state index >= 15 is 0 Å². The molecule has 0 bridgehead atoms. The number of aromatic nitrogens is 2. The van der Waals surface area contributed by atoms with Crippen LogP contribution in [0.1, 0.15) is 112 Å². The standard InChI is InChI=1S/C27H23N2S3.C15H28O2.Ir/c1-5-6-16-13-31-21-12-22-19(11-18(16)21)24-26(32-22)23(28-14-29-24)17-9-15-7-8-30-25(15)20(10-17)27(2,3)4;1-7-14(5,8-2)12(16)11-13(17)15(6,9-3)10-4;/h7-8,10-14H,5-6H2,1-4H3;11,16H,7-10H2,1-6H3;/q-1;;/b;12-11-;. The van der Waals surface area contributed by atoms with Crippen LogP contribution in [0, 0.1) is 16.9 Å². The van der Waals surface area contributed by atoms with Gasteiger partial charge in [0.05, 0.1) is 5.52 Å². The molecule has 6 rings (SSSR count). The zero-order valence-corrected chi connectivity index (χ0v) is 36.0. The molecule has 6 aromatic rings. The van der Waals surface area contributed by atoms with Gasteiger partial charge in [0.1, 0.15) is 12.1 Å². The summed E-state index contributed by atoms with van der Waals surface area (Å²) in [5.41, 5.74) is 5.37. The monoisotopic (exact) mass is 904 g/mol. The van der Waals surface area contributed by atoms with Crippen molar-refractivity contribution in [1.29, 1.82) is 0 Å². The van der Waals surface area contributed by atoms with E-state index in [1.54, 1.807) is 29.0 Å². The van der Waals surface area contributed by atoms with Gasteiger partial charge < -0.3 is 5.11 Å². The number of allylic oxidation sites excluding steroid dienone is 2. The molecule has 0 unspecified atom stereocenters. The fourth-order valence-electron chi connectivity index (χ4n) is 6.18. The van der Waals surface area contributed by atoms with E-state index in [1.807, 2.05) is 52.9 Å². The van der Waals surface area contributed by atoms with Crippen LogP contribution >= 0.6 is 34.0 Å². The first-order valence-electron chi connectivity index (χ1n) is 17.7. The largest absolute Gasteiger partial charge is 0.512 e. The molecule has 0 saturated carbocycles. The molecule has 2 aromatic carbocycles. The quantitative estimate of drug-likeness (QED) is 0.0845. The third-order valence-electron chi connectivity index (χ3n) is 10.7. The summed E-state index contributed by atoms with van der Waals surface area (Å²) in [5, 5.41) is 18.4. The van der Waals surface area contributed by atoms with Crippen molar-refractivity contribution in [2.75, 3.05) is 0 Å². The molecular weight excluding hydrogens is 853 g/mol. The van der Waals surface area contributed by atoms with Gasteiger partial charge >= 0.3 is 0 Å². The van der Waals surface area contributed by atoms with Crippen LogP contribution in [0.15, 0.2) is 53.2 Å². The normalized spacial score (nSPS) is 12.8. The number of carbonyl (C=O) groups excluding carboxylic acids is 1. The molecule has 0 saturated heterocycles. The summed E-state index contributed by atoms with van der Waals surface area (Å²) in [5.74, 6) is 0.286. The van der Waals surface area contributed by atoms with Crippen LogP contribution in [0.2, 0.25) is 0 Å². The Morgan fingerprint density at radius 1 is 0.860 bits per heavy atom. The van der Waals surface area contributed by atoms with Crippen LogP contribution in [0.5, 0.6) is 0 Å². The molecule has 1 N–H and O–H groups in total. The van der Waals surface area contributed by atoms with Gasteiger partial charge in [-0.1, -0.05) is 86.8 Å². The summed E-state index contributed by atoms with van der Waals surface area (Å²) in [4.78, 5) is 21.7. The number of aryl methyl sites for hydroxylation is 1. The predicted molar refractivity (Wildman–Crippen MR) is 216 cm³/mol. The van der Waals surface area contributed by atoms with Crippen molar-refractivity contribution < 1.29 is 30.0 Å². The summed E-state index contributed by atoms with van der Waals surface area (Å²) < 4.78 is 5.13. The van der Waals surface area contributed by atoms with Crippen molar-refractivity contribution in [2.24, 2.45) is 10.8 Å². The number of benzene rings is 2. The van der Waals surface area contributed by atoms with E-state index in [4.69, 9.17) is 9.97 Å². The van der Waals surface area contributed by atoms with Gasteiger partial charge in [0.2, 0.25) is 0 Å². The first kappa shape index (κ1) is 40.3. The number of fused-ring (bicyclic) bond motifs is 5. The number of ketones is 1. The fraction of sp³-hybridized carbons (Fsp3) is 0.452. The minimum absolute atomic E-state index is 0. The molecule has 4 aromatic heterocycles. The zero-order valence-electron chi connectivity index (χ0n) is 31.2. The van der Waals surface area contributed by atoms with E-state index in [2.05, 4.69) is 68.8 Å². The summed E-state index contributed by atoms with van der Waals surface area (Å²) in [6, 6.07) is 12.8. The average molecular weight is 904 g/mol. The molecule has 269 valence electrons. The summed E-state index contributed by atoms with van der Waals surface area (Å²) in [7, 11) is 0. The fourth-order valence-corrected chi connectivity index (χ4v) is 9.53. The van der Waals surface area contributed by atoms with E-state index in [0.29, 0.717) is 0 Å². The first-order chi connectivity index (χ1) is 23.2. The van der Waals surface area contributed by atoms with Crippen LogP contribution in [0.4, 0.5) is 0 Å². The van der Waals surface area contributed by atoms with Crippen molar-refractivity contribution in [3.05, 3.63) is 70.4 Å². The van der Waals surface area contributed by atoms with E-state index in [0.717, 1.165) is 60.0 Å². The third-order valence-corrected chi connectivity index (χ3v) is 13.8. The number of aliphatic hydroxyl groups excluding tert-OH is 1. The van der Waals surface area contributed by atoms with E-state index in [9.17, 15) is 9.90 Å². The Balaban J connectivity index is 0.000000269. The van der Waals surface area contributed by atoms with Crippen LogP contribution in [0.25, 0.3) is 51.7 Å². The maximum Gasteiger partial charge on any atom is 0.164 e. The van der Waals surface area contributed by atoms with Gasteiger partial charge in [-0.05, 0) is 76.1 Å². The van der Waals surface area contributed by atoms with Crippen molar-refractivity contribution in [3.8, 4) is 11.3 Å². The van der Waals surface area contributed by atoms with Crippen molar-refractivity contribution in [2.45, 2.75) is 113 Å². The Morgan fingerprint density at radius 2 is 1.54 bits per heavy atom. The maximum absolute atomic E-state index is 12.2. The number of nitrogens with zero attached hydrogens (tertiary/aromatic N) is 2. The van der Waals surface area contributed by atoms with Crippen LogP contribution in [-0.2, 0) is 36.7 Å². The molecule has 0 fully saturated rings. The molecule has 0 atom stereocenters. The SMILES string of the molecule is CCC(C)(CC)C(=O)/C=C(\O)C(C)(CC)CC.CCCc1csc2cc3sc4c(-c5[c-]c6ccsc6c(C(C)(C)C)c5)ncnc4c3cc12.[Ir]. The van der Waals surface area contributed by atoms with Crippen LogP contribution < -0.4 is 0 Å². The summed E-state index contributed by atoms with van der Waals surface area (Å²) >= 11 is 5.46. The van der Waals surface area contributed by atoms with Gasteiger partial charge in [0, 0.05) is 62.2 Å². The average Bonchev–Trinajstić information content (AvgIpc) is 3.82. The molecule has 0 aliphatic heterocycles. The van der Waals surface area contributed by atoms with Crippen molar-refractivity contribution >= 4 is 80.3 Å². The molecule has 0 aliphatic rings. The molecule has 0 aliphatic carbocycles. The minimum atomic E-state index is -0.337. The molecule has 8 heteroatoms. The Labute approximate surface area is 323 Å². The van der Waals surface area contributed by atoms with Gasteiger partial charge in [-0.15, -0.1) is 46.3 Å². The number of carbonyl (C=O) groups is 1. The Morgan fingerprint density at radius 3 is 2.16 bits per heavy atom. The van der Waals surface area contributed by atoms with E-state index in [-0.39, 0.29) is 47.9 Å². The van der Waals surface area contributed by atoms with Gasteiger partial charge in [-0.3, -0.25) is 9.78 Å². The number of thiophene rings is 3. The molecular formula is C42H51IrN2O2S3-.